The number of hydroxylamine groups is 1. The van der Waals surface area contributed by atoms with E-state index in [9.17, 15) is 14.4 Å². The van der Waals surface area contributed by atoms with Crippen molar-refractivity contribution in [1.82, 2.24) is 10.0 Å². The highest BCUT2D eigenvalue weighted by atomic mass is 79.9. The summed E-state index contributed by atoms with van der Waals surface area (Å²) in [5, 5.41) is 1.79. The highest BCUT2D eigenvalue weighted by Gasteiger charge is 2.23. The standard InChI is InChI=1S/C39H33BrN2O4S/c1-3-42-36-19-13-29(38(44)28-11-9-27(10-12-28)26-7-5-4-6-8-26)23-33(36)34-24-30(14-20-37(34)42)39(45)35(41-46-25(2)43)21-22-47-32-17-15-31(40)16-18-32/h4-20,23-24,35,41H,3,21-22H2,1-2H3. The van der Waals surface area contributed by atoms with Crippen LogP contribution in [0.2, 0.25) is 0 Å². The molecule has 0 amide bonds. The predicted octanol–water partition coefficient (Wildman–Crippen LogP) is 9.28. The average Bonchev–Trinajstić information content (AvgIpc) is 3.42. The molecular weight excluding hydrogens is 672 g/mol. The van der Waals surface area contributed by atoms with Crippen LogP contribution in [0.25, 0.3) is 32.9 Å². The van der Waals surface area contributed by atoms with Crippen molar-refractivity contribution in [3.63, 3.8) is 0 Å². The molecule has 5 aromatic carbocycles. The number of benzene rings is 5. The molecule has 1 aromatic heterocycles. The summed E-state index contributed by atoms with van der Waals surface area (Å²) >= 11 is 5.08. The highest BCUT2D eigenvalue weighted by molar-refractivity contribution is 9.10. The van der Waals surface area contributed by atoms with Crippen LogP contribution in [0.15, 0.2) is 125 Å². The smallest absolute Gasteiger partial charge is 0.321 e. The van der Waals surface area contributed by atoms with E-state index in [0.29, 0.717) is 28.9 Å². The van der Waals surface area contributed by atoms with Crippen LogP contribution in [0.3, 0.4) is 0 Å². The molecule has 1 heterocycles. The fraction of sp³-hybridized carbons (Fsp3) is 0.154. The van der Waals surface area contributed by atoms with Crippen molar-refractivity contribution < 1.29 is 19.2 Å². The third kappa shape index (κ3) is 7.25. The topological polar surface area (TPSA) is 77.4 Å². The summed E-state index contributed by atoms with van der Waals surface area (Å²) in [7, 11) is 0. The summed E-state index contributed by atoms with van der Waals surface area (Å²) in [6.45, 7) is 4.10. The summed E-state index contributed by atoms with van der Waals surface area (Å²) in [6.07, 6.45) is 0.448. The largest absolute Gasteiger partial charge is 0.370 e. The molecule has 0 radical (unpaired) electrons. The maximum absolute atomic E-state index is 13.9. The first kappa shape index (κ1) is 32.4. The van der Waals surface area contributed by atoms with Crippen LogP contribution < -0.4 is 5.48 Å². The van der Waals surface area contributed by atoms with E-state index in [0.717, 1.165) is 48.8 Å². The summed E-state index contributed by atoms with van der Waals surface area (Å²) in [5.41, 5.74) is 8.51. The molecule has 0 bridgehead atoms. The molecule has 0 saturated carbocycles. The van der Waals surface area contributed by atoms with Gasteiger partial charge in [-0.05, 0) is 85.1 Å². The van der Waals surface area contributed by atoms with Crippen LogP contribution in [-0.4, -0.2) is 33.9 Å². The lowest BCUT2D eigenvalue weighted by Crippen LogP contribution is -2.38. The van der Waals surface area contributed by atoms with Gasteiger partial charge in [-0.15, -0.1) is 17.2 Å². The monoisotopic (exact) mass is 704 g/mol. The number of carbonyl (C=O) groups excluding carboxylic acids is 3. The number of hydrogen-bond donors (Lipinski definition) is 1. The fourth-order valence-corrected chi connectivity index (χ4v) is 6.96. The van der Waals surface area contributed by atoms with Gasteiger partial charge in [-0.1, -0.05) is 70.5 Å². The molecule has 6 rings (SSSR count). The summed E-state index contributed by atoms with van der Waals surface area (Å²) in [4.78, 5) is 45.3. The van der Waals surface area contributed by atoms with Crippen LogP contribution >= 0.6 is 27.7 Å². The van der Waals surface area contributed by atoms with E-state index in [1.807, 2.05) is 115 Å². The molecule has 1 atom stereocenters. The molecule has 6 nitrogen and oxygen atoms in total. The van der Waals surface area contributed by atoms with Crippen molar-refractivity contribution in [2.45, 2.75) is 37.8 Å². The fourth-order valence-electron chi connectivity index (χ4n) is 5.77. The quantitative estimate of drug-likeness (QED) is 0.0778. The van der Waals surface area contributed by atoms with Gasteiger partial charge >= 0.3 is 5.97 Å². The minimum Gasteiger partial charge on any atom is -0.370 e. The van der Waals surface area contributed by atoms with Gasteiger partial charge in [-0.2, -0.15) is 0 Å². The number of Topliss-reactive ketones (excluding diaryl/α,β-unsaturated/α-hetero) is 1. The number of nitrogens with zero attached hydrogens (tertiary/aromatic N) is 1. The normalized spacial score (nSPS) is 11.9. The van der Waals surface area contributed by atoms with E-state index in [1.165, 1.54) is 6.92 Å². The molecule has 8 heteroatoms. The van der Waals surface area contributed by atoms with Gasteiger partial charge in [-0.3, -0.25) is 14.4 Å². The summed E-state index contributed by atoms with van der Waals surface area (Å²) in [6, 6.07) is 36.4. The molecule has 236 valence electrons. The Balaban J connectivity index is 1.29. The van der Waals surface area contributed by atoms with Gasteiger partial charge in [0, 0.05) is 67.1 Å². The Bertz CT molecular complexity index is 2070. The molecule has 0 aliphatic rings. The Kier molecular flexibility index (Phi) is 10.0. The van der Waals surface area contributed by atoms with E-state index in [2.05, 4.69) is 32.9 Å². The SMILES string of the molecule is CCn1c2ccc(C(=O)c3ccc(-c4ccccc4)cc3)cc2c2cc(C(=O)C(CCSc3ccc(Br)cc3)NOC(C)=O)ccc21. The van der Waals surface area contributed by atoms with Gasteiger partial charge < -0.3 is 9.40 Å². The van der Waals surface area contributed by atoms with Gasteiger partial charge in [-0.25, -0.2) is 0 Å². The number of thioether (sulfide) groups is 1. The minimum absolute atomic E-state index is 0.0648. The van der Waals surface area contributed by atoms with Gasteiger partial charge in [0.15, 0.2) is 11.6 Å². The zero-order valence-corrected chi connectivity index (χ0v) is 28.4. The van der Waals surface area contributed by atoms with Crippen LogP contribution in [0.4, 0.5) is 0 Å². The van der Waals surface area contributed by atoms with E-state index in [1.54, 1.807) is 11.8 Å². The van der Waals surface area contributed by atoms with E-state index in [-0.39, 0.29) is 11.6 Å². The van der Waals surface area contributed by atoms with E-state index < -0.39 is 12.0 Å². The first-order valence-corrected chi connectivity index (χ1v) is 17.2. The number of carbonyl (C=O) groups is 3. The molecule has 0 fully saturated rings. The Hall–Kier alpha value is -4.50. The summed E-state index contributed by atoms with van der Waals surface area (Å²) < 4.78 is 3.19. The van der Waals surface area contributed by atoms with Crippen molar-refractivity contribution in [2.75, 3.05) is 5.75 Å². The lowest BCUT2D eigenvalue weighted by atomic mass is 9.97. The Morgan fingerprint density at radius 1 is 0.766 bits per heavy atom. The highest BCUT2D eigenvalue weighted by Crippen LogP contribution is 2.32. The van der Waals surface area contributed by atoms with Crippen LogP contribution in [-0.2, 0) is 16.2 Å². The number of halogens is 1. The molecule has 0 saturated heterocycles. The molecule has 1 unspecified atom stereocenters. The first-order chi connectivity index (χ1) is 22.8. The zero-order chi connectivity index (χ0) is 32.9. The first-order valence-electron chi connectivity index (χ1n) is 15.4. The third-order valence-electron chi connectivity index (χ3n) is 8.13. The number of aromatic nitrogens is 1. The van der Waals surface area contributed by atoms with Crippen LogP contribution in [0.1, 0.15) is 46.5 Å². The maximum atomic E-state index is 13.9. The number of ketones is 2. The van der Waals surface area contributed by atoms with Gasteiger partial charge in [0.2, 0.25) is 0 Å². The van der Waals surface area contributed by atoms with Crippen molar-refractivity contribution in [3.05, 3.63) is 136 Å². The number of aryl methyl sites for hydroxylation is 1. The molecule has 0 spiro atoms. The number of rotatable bonds is 12. The van der Waals surface area contributed by atoms with Crippen LogP contribution in [0, 0.1) is 0 Å². The Morgan fingerprint density at radius 3 is 2.00 bits per heavy atom. The Labute approximate surface area is 286 Å². The Morgan fingerprint density at radius 2 is 1.36 bits per heavy atom. The molecule has 0 aliphatic heterocycles. The second-order valence-corrected chi connectivity index (χ2v) is 13.3. The van der Waals surface area contributed by atoms with Crippen molar-refractivity contribution in [1.29, 1.82) is 0 Å². The van der Waals surface area contributed by atoms with Crippen molar-refractivity contribution in [3.8, 4) is 11.1 Å². The third-order valence-corrected chi connectivity index (χ3v) is 9.71. The van der Waals surface area contributed by atoms with Crippen molar-refractivity contribution >= 4 is 67.0 Å². The molecule has 1 N–H and O–H groups in total. The lowest BCUT2D eigenvalue weighted by molar-refractivity contribution is -0.149. The predicted molar refractivity (Wildman–Crippen MR) is 193 cm³/mol. The average molecular weight is 706 g/mol. The lowest BCUT2D eigenvalue weighted by Gasteiger charge is -2.17. The zero-order valence-electron chi connectivity index (χ0n) is 26.0. The van der Waals surface area contributed by atoms with Gasteiger partial charge in [0.05, 0.1) is 0 Å². The van der Waals surface area contributed by atoms with Gasteiger partial charge in [0.25, 0.3) is 0 Å². The number of nitrogens with one attached hydrogen (secondary N) is 1. The van der Waals surface area contributed by atoms with E-state index >= 15 is 0 Å². The molecule has 6 aromatic rings. The molecule has 0 aliphatic carbocycles. The minimum atomic E-state index is -0.727. The second-order valence-electron chi connectivity index (χ2n) is 11.2. The number of hydrogen-bond acceptors (Lipinski definition) is 6. The maximum Gasteiger partial charge on any atom is 0.321 e. The molecule has 47 heavy (non-hydrogen) atoms. The van der Waals surface area contributed by atoms with Gasteiger partial charge in [0.1, 0.15) is 6.04 Å². The van der Waals surface area contributed by atoms with Crippen LogP contribution in [0.5, 0.6) is 0 Å². The number of fused-ring (bicyclic) bond motifs is 3. The summed E-state index contributed by atoms with van der Waals surface area (Å²) in [5.74, 6) is -0.115. The molecular formula is C39H33BrN2O4S. The van der Waals surface area contributed by atoms with Crippen molar-refractivity contribution in [2.24, 2.45) is 0 Å². The second kappa shape index (κ2) is 14.5. The van der Waals surface area contributed by atoms with E-state index in [4.69, 9.17) is 4.84 Å².